The molecule has 1 aliphatic heterocycles. The molecule has 15 nitrogen and oxygen atoms in total. The Morgan fingerprint density at radius 2 is 0.872 bits per heavy atom. The maximum Gasteiger partial charge on any atom is 0.222 e. The molecule has 0 radical (unpaired) electrons. The fourth-order valence-electron chi connectivity index (χ4n) is 3.90. The zero-order valence-corrected chi connectivity index (χ0v) is 28.5. The van der Waals surface area contributed by atoms with Crippen LogP contribution in [0.3, 0.4) is 0 Å². The number of hydrogen-bond acceptors (Lipinski definition) is 14. The highest BCUT2D eigenvalue weighted by molar-refractivity contribution is 5.75. The number of rotatable bonds is 35. The molecule has 0 aromatic carbocycles. The van der Waals surface area contributed by atoms with Crippen molar-refractivity contribution < 1.29 is 61.6 Å². The lowest BCUT2D eigenvalue weighted by atomic mass is 9.98. The Hall–Kier alpha value is -1.81. The molecule has 0 bridgehead atoms. The van der Waals surface area contributed by atoms with E-state index < -0.39 is 0 Å². The predicted octanol–water partition coefficient (Wildman–Crippen LogP) is 0.240. The lowest BCUT2D eigenvalue weighted by molar-refractivity contribution is -0.122. The quantitative estimate of drug-likeness (QED) is 0.0695. The molecule has 0 aromatic heterocycles. The Bertz CT molecular complexity index is 721. The van der Waals surface area contributed by atoms with Crippen LogP contribution in [0.1, 0.15) is 19.3 Å². The molecular formula is C32H60N2O13. The number of hydrogen-bond donors (Lipinski definition) is 2. The summed E-state index contributed by atoms with van der Waals surface area (Å²) in [6.07, 6.45) is 7.32. The fourth-order valence-corrected chi connectivity index (χ4v) is 3.90. The summed E-state index contributed by atoms with van der Waals surface area (Å²) in [5, 5.41) is 6.33. The van der Waals surface area contributed by atoms with Gasteiger partial charge in [-0.1, -0.05) is 0 Å². The van der Waals surface area contributed by atoms with E-state index in [1.165, 1.54) is 7.11 Å². The highest BCUT2D eigenvalue weighted by atomic mass is 16.6. The fraction of sp³-hybridized carbons (Fsp3) is 0.906. The van der Waals surface area contributed by atoms with Crippen LogP contribution in [0.2, 0.25) is 0 Å². The van der Waals surface area contributed by atoms with Gasteiger partial charge < -0.3 is 67.5 Å². The number of amides is 1. The average Bonchev–Trinajstić information content (AvgIpc) is 3.09. The first-order valence-corrected chi connectivity index (χ1v) is 16.7. The zero-order valence-electron chi connectivity index (χ0n) is 28.5. The standard InChI is InChI=1S/C32H60N2O13/c1-36-8-9-38-12-13-40-16-17-42-20-21-44-24-25-46-28-29-47-27-26-45-23-22-43-19-18-41-15-14-39-11-10-37-7-4-32(35)34-30-31-2-5-33-6-3-31/h31,33H,2-7,10-30H2,1H3,(H,34,35). The van der Waals surface area contributed by atoms with Gasteiger partial charge in [-0.25, -0.2) is 0 Å². The van der Waals surface area contributed by atoms with Crippen LogP contribution < -0.4 is 10.6 Å². The van der Waals surface area contributed by atoms with Gasteiger partial charge in [0.15, 0.2) is 12.2 Å². The molecule has 1 rings (SSSR count). The number of nitrogens with one attached hydrogen (secondary N) is 2. The normalized spacial score (nSPS) is 13.3. The third-order valence-corrected chi connectivity index (χ3v) is 6.41. The highest BCUT2D eigenvalue weighted by Gasteiger charge is 2.13. The van der Waals surface area contributed by atoms with Crippen molar-refractivity contribution in [3.63, 3.8) is 0 Å². The molecule has 1 amide bonds. The molecule has 0 spiro atoms. The van der Waals surface area contributed by atoms with E-state index in [9.17, 15) is 4.79 Å². The molecule has 1 saturated heterocycles. The van der Waals surface area contributed by atoms with Crippen LogP contribution in [0.4, 0.5) is 0 Å². The molecule has 0 aromatic rings. The molecule has 1 fully saturated rings. The predicted molar refractivity (Wildman–Crippen MR) is 172 cm³/mol. The molecule has 2 N–H and O–H groups in total. The van der Waals surface area contributed by atoms with Gasteiger partial charge in [-0.05, 0) is 31.8 Å². The molecule has 1 heterocycles. The summed E-state index contributed by atoms with van der Waals surface area (Å²) in [5.41, 5.74) is 0. The first kappa shape index (κ1) is 43.2. The van der Waals surface area contributed by atoms with E-state index in [1.807, 2.05) is 0 Å². The van der Waals surface area contributed by atoms with Gasteiger partial charge in [0, 0.05) is 13.0 Å². The summed E-state index contributed by atoms with van der Waals surface area (Å²) in [4.78, 5) is 11.9. The van der Waals surface area contributed by atoms with Crippen molar-refractivity contribution in [1.29, 1.82) is 0 Å². The molecule has 0 unspecified atom stereocenters. The van der Waals surface area contributed by atoms with Crippen LogP contribution in [-0.4, -0.2) is 171 Å². The maximum absolute atomic E-state index is 11.9. The smallest absolute Gasteiger partial charge is 0.222 e. The summed E-state index contributed by atoms with van der Waals surface area (Å²) < 4.78 is 64.0. The number of piperidine rings is 1. The van der Waals surface area contributed by atoms with E-state index in [-0.39, 0.29) is 5.91 Å². The average molecular weight is 681 g/mol. The lowest BCUT2D eigenvalue weighted by Gasteiger charge is -2.22. The van der Waals surface area contributed by atoms with Gasteiger partial charge in [-0.2, -0.15) is 0 Å². The van der Waals surface area contributed by atoms with Crippen molar-refractivity contribution in [1.82, 2.24) is 10.6 Å². The third-order valence-electron chi connectivity index (χ3n) is 6.41. The van der Waals surface area contributed by atoms with E-state index in [1.54, 1.807) is 0 Å². The molecular weight excluding hydrogens is 620 g/mol. The van der Waals surface area contributed by atoms with Crippen LogP contribution >= 0.6 is 0 Å². The van der Waals surface area contributed by atoms with Crippen LogP contribution in [0.5, 0.6) is 0 Å². The second-order valence-corrected chi connectivity index (χ2v) is 10.1. The first-order valence-electron chi connectivity index (χ1n) is 16.7. The monoisotopic (exact) mass is 680 g/mol. The minimum Gasteiger partial charge on any atom is -0.448 e. The Morgan fingerprint density at radius 1 is 0.532 bits per heavy atom. The molecule has 1 aliphatic rings. The van der Waals surface area contributed by atoms with Gasteiger partial charge in [-0.3, -0.25) is 4.79 Å². The van der Waals surface area contributed by atoms with Crippen molar-refractivity contribution in [2.24, 2.45) is 5.92 Å². The van der Waals surface area contributed by atoms with Gasteiger partial charge >= 0.3 is 0 Å². The highest BCUT2D eigenvalue weighted by Crippen LogP contribution is 2.09. The molecule has 47 heavy (non-hydrogen) atoms. The Morgan fingerprint density at radius 3 is 1.23 bits per heavy atom. The van der Waals surface area contributed by atoms with Gasteiger partial charge in [0.05, 0.1) is 139 Å². The van der Waals surface area contributed by atoms with Crippen LogP contribution in [0.25, 0.3) is 0 Å². The Labute approximate surface area is 281 Å². The molecule has 15 heteroatoms. The molecule has 0 atom stereocenters. The van der Waals surface area contributed by atoms with E-state index >= 15 is 0 Å². The lowest BCUT2D eigenvalue weighted by Crippen LogP contribution is -2.36. The third kappa shape index (κ3) is 33.9. The summed E-state index contributed by atoms with van der Waals surface area (Å²) >= 11 is 0. The molecule has 0 saturated carbocycles. The van der Waals surface area contributed by atoms with Crippen LogP contribution in [-0.2, 0) is 61.6 Å². The zero-order chi connectivity index (χ0) is 33.6. The molecule has 0 aliphatic carbocycles. The van der Waals surface area contributed by atoms with Crippen molar-refractivity contribution in [2.75, 3.05) is 165 Å². The summed E-state index contributed by atoms with van der Waals surface area (Å²) in [7, 11) is 1.47. The number of ether oxygens (including phenoxy) is 12. The van der Waals surface area contributed by atoms with Gasteiger partial charge in [0.25, 0.3) is 0 Å². The summed E-state index contributed by atoms with van der Waals surface area (Å²) in [6, 6.07) is 0. The Balaban J connectivity index is 1.63. The van der Waals surface area contributed by atoms with Crippen LogP contribution in [0.15, 0.2) is 0 Å². The van der Waals surface area contributed by atoms with Crippen molar-refractivity contribution in [3.8, 4) is 12.2 Å². The van der Waals surface area contributed by atoms with Crippen molar-refractivity contribution in [3.05, 3.63) is 0 Å². The largest absolute Gasteiger partial charge is 0.448 e. The van der Waals surface area contributed by atoms with E-state index in [2.05, 4.69) is 27.6 Å². The van der Waals surface area contributed by atoms with Gasteiger partial charge in [0.2, 0.25) is 5.91 Å². The maximum atomic E-state index is 11.9. The van der Waals surface area contributed by atoms with Gasteiger partial charge in [-0.15, -0.1) is 0 Å². The summed E-state index contributed by atoms with van der Waals surface area (Å²) in [6.45, 7) is 12.9. The van der Waals surface area contributed by atoms with E-state index in [4.69, 9.17) is 52.1 Å². The number of methoxy groups -OCH3 is 1. The van der Waals surface area contributed by atoms with Gasteiger partial charge in [0.1, 0.15) is 6.61 Å². The number of carbonyl (C=O) groups excluding carboxylic acids is 1. The first-order chi connectivity index (χ1) is 23.3. The summed E-state index contributed by atoms with van der Waals surface area (Å²) in [5.74, 6) is 0.629. The minimum atomic E-state index is 0.0450. The Kier molecular flexibility index (Phi) is 34.0. The second kappa shape index (κ2) is 37.0. The minimum absolute atomic E-state index is 0.0450. The number of carbonyl (C=O) groups is 1. The van der Waals surface area contributed by atoms with E-state index in [0.29, 0.717) is 151 Å². The van der Waals surface area contributed by atoms with E-state index in [0.717, 1.165) is 32.5 Å². The second-order valence-electron chi connectivity index (χ2n) is 10.1. The molecule has 276 valence electrons. The van der Waals surface area contributed by atoms with Crippen LogP contribution in [0, 0.1) is 18.1 Å². The SMILES string of the molecule is COC#COCCOCCOCCOCCOCCOCCOCCOCCOCCOCCOCCC(=O)NCC1CCNCC1. The van der Waals surface area contributed by atoms with Crippen molar-refractivity contribution in [2.45, 2.75) is 19.3 Å². The van der Waals surface area contributed by atoms with Crippen molar-refractivity contribution >= 4 is 5.91 Å². The topological polar surface area (TPSA) is 152 Å².